The lowest BCUT2D eigenvalue weighted by atomic mass is 10.0. The third kappa shape index (κ3) is 4.38. The van der Waals surface area contributed by atoms with Crippen LogP contribution in [0.3, 0.4) is 0 Å². The average molecular weight is 377 g/mol. The van der Waals surface area contributed by atoms with Crippen molar-refractivity contribution in [3.8, 4) is 0 Å². The van der Waals surface area contributed by atoms with Crippen LogP contribution in [0.5, 0.6) is 0 Å². The van der Waals surface area contributed by atoms with Crippen molar-refractivity contribution in [3.05, 3.63) is 82.9 Å². The zero-order valence-corrected chi connectivity index (χ0v) is 17.8. The standard InChI is InChI=1S/C24H32N4/c1-17-14-27(15-17)22(6)23-11-8-12-25-20(4)21(5)28(16-23)26-13-24-18(2)9-7-10-19(24)3/h7-12,16-17,26H,6,13-15H2,1-5H3. The second kappa shape index (κ2) is 8.51. The second-order valence-electron chi connectivity index (χ2n) is 7.92. The molecule has 1 N–H and O–H groups in total. The molecule has 0 unspecified atom stereocenters. The molecule has 2 aromatic rings. The monoisotopic (exact) mass is 376 g/mol. The van der Waals surface area contributed by atoms with E-state index in [1.165, 1.54) is 16.7 Å². The first-order valence-corrected chi connectivity index (χ1v) is 9.99. The van der Waals surface area contributed by atoms with Gasteiger partial charge >= 0.3 is 0 Å². The number of rotatable bonds is 5. The molecule has 0 bridgehead atoms. The van der Waals surface area contributed by atoms with Gasteiger partial charge in [-0.25, -0.2) is 0 Å². The Labute approximate surface area is 169 Å². The predicted octanol–water partition coefficient (Wildman–Crippen LogP) is 4.91. The van der Waals surface area contributed by atoms with Gasteiger partial charge in [0.2, 0.25) is 0 Å². The summed E-state index contributed by atoms with van der Waals surface area (Å²) in [6, 6.07) is 10.5. The lowest BCUT2D eigenvalue weighted by molar-refractivity contribution is 0.192. The van der Waals surface area contributed by atoms with E-state index in [-0.39, 0.29) is 0 Å². The van der Waals surface area contributed by atoms with Crippen molar-refractivity contribution < 1.29 is 0 Å². The maximum absolute atomic E-state index is 4.56. The number of likely N-dealkylation sites (tertiary alicyclic amines) is 1. The summed E-state index contributed by atoms with van der Waals surface area (Å²) >= 11 is 0. The van der Waals surface area contributed by atoms with Gasteiger partial charge in [-0.2, -0.15) is 0 Å². The lowest BCUT2D eigenvalue weighted by Crippen LogP contribution is -2.43. The fourth-order valence-corrected chi connectivity index (χ4v) is 3.58. The van der Waals surface area contributed by atoms with Crippen molar-refractivity contribution in [2.45, 2.75) is 41.2 Å². The van der Waals surface area contributed by atoms with E-state index >= 15 is 0 Å². The summed E-state index contributed by atoms with van der Waals surface area (Å²) < 4.78 is 2.10. The van der Waals surface area contributed by atoms with E-state index in [1.54, 1.807) is 0 Å². The minimum Gasteiger partial charge on any atom is -0.371 e. The zero-order valence-electron chi connectivity index (χ0n) is 17.8. The van der Waals surface area contributed by atoms with E-state index < -0.39 is 0 Å². The van der Waals surface area contributed by atoms with Gasteiger partial charge in [0.1, 0.15) is 0 Å². The van der Waals surface area contributed by atoms with Gasteiger partial charge in [-0.15, -0.1) is 0 Å². The van der Waals surface area contributed by atoms with E-state index in [2.05, 4.69) is 84.7 Å². The number of hydrogen-bond acceptors (Lipinski definition) is 3. The maximum Gasteiger partial charge on any atom is 0.0583 e. The predicted molar refractivity (Wildman–Crippen MR) is 118 cm³/mol. The van der Waals surface area contributed by atoms with Gasteiger partial charge in [-0.05, 0) is 62.4 Å². The Morgan fingerprint density at radius 3 is 2.43 bits per heavy atom. The highest BCUT2D eigenvalue weighted by Crippen LogP contribution is 2.25. The van der Waals surface area contributed by atoms with E-state index in [4.69, 9.17) is 0 Å². The van der Waals surface area contributed by atoms with Crippen LogP contribution in [0.15, 0.2) is 49.3 Å². The summed E-state index contributed by atoms with van der Waals surface area (Å²) in [7, 11) is 0. The molecule has 1 aromatic carbocycles. The van der Waals surface area contributed by atoms with Gasteiger partial charge in [-0.1, -0.05) is 31.7 Å². The van der Waals surface area contributed by atoms with Crippen LogP contribution in [0.1, 0.15) is 40.6 Å². The van der Waals surface area contributed by atoms with E-state index in [0.29, 0.717) is 0 Å². The molecule has 1 fully saturated rings. The summed E-state index contributed by atoms with van der Waals surface area (Å²) in [6.45, 7) is 18.0. The Balaban J connectivity index is 1.98. The summed E-state index contributed by atoms with van der Waals surface area (Å²) in [4.78, 5) is 6.90. The third-order valence-corrected chi connectivity index (χ3v) is 5.63. The van der Waals surface area contributed by atoms with Crippen LogP contribution in [-0.4, -0.2) is 27.6 Å². The quantitative estimate of drug-likeness (QED) is 0.805. The Morgan fingerprint density at radius 2 is 1.79 bits per heavy atom. The molecule has 0 radical (unpaired) electrons. The first-order chi connectivity index (χ1) is 13.4. The van der Waals surface area contributed by atoms with Crippen LogP contribution in [0.25, 0.3) is 5.70 Å². The Morgan fingerprint density at radius 1 is 1.11 bits per heavy atom. The minimum atomic E-state index is 0.737. The van der Waals surface area contributed by atoms with Crippen molar-refractivity contribution in [2.75, 3.05) is 18.5 Å². The molecule has 1 aromatic heterocycles. The molecule has 0 saturated carbocycles. The van der Waals surface area contributed by atoms with Crippen molar-refractivity contribution in [2.24, 2.45) is 5.92 Å². The smallest absolute Gasteiger partial charge is 0.0583 e. The van der Waals surface area contributed by atoms with Crippen LogP contribution in [0.2, 0.25) is 0 Å². The minimum absolute atomic E-state index is 0.737. The summed E-state index contributed by atoms with van der Waals surface area (Å²) in [5, 5.41) is 0. The molecule has 28 heavy (non-hydrogen) atoms. The highest BCUT2D eigenvalue weighted by atomic mass is 15.4. The maximum atomic E-state index is 4.56. The van der Waals surface area contributed by atoms with Crippen LogP contribution in [0.4, 0.5) is 0 Å². The number of nitrogens with one attached hydrogen (secondary N) is 1. The zero-order chi connectivity index (χ0) is 20.3. The van der Waals surface area contributed by atoms with Gasteiger partial charge in [0, 0.05) is 36.7 Å². The molecule has 4 nitrogen and oxygen atoms in total. The number of aromatic nitrogens is 2. The van der Waals surface area contributed by atoms with Crippen molar-refractivity contribution in [3.63, 3.8) is 0 Å². The fourth-order valence-electron chi connectivity index (χ4n) is 3.58. The third-order valence-electron chi connectivity index (χ3n) is 5.63. The van der Waals surface area contributed by atoms with E-state index in [1.807, 2.05) is 19.2 Å². The highest BCUT2D eigenvalue weighted by molar-refractivity contribution is 5.61. The highest BCUT2D eigenvalue weighted by Gasteiger charge is 2.24. The summed E-state index contributed by atoms with van der Waals surface area (Å²) in [6.07, 6.45) is 4.00. The van der Waals surface area contributed by atoms with Gasteiger partial charge in [-0.3, -0.25) is 9.66 Å². The van der Waals surface area contributed by atoms with Crippen LogP contribution >= 0.6 is 0 Å². The van der Waals surface area contributed by atoms with Crippen molar-refractivity contribution in [1.82, 2.24) is 14.6 Å². The molecule has 1 saturated heterocycles. The number of aryl methyl sites for hydroxylation is 3. The molecule has 1 aliphatic rings. The first-order valence-electron chi connectivity index (χ1n) is 9.99. The molecule has 0 atom stereocenters. The summed E-state index contributed by atoms with van der Waals surface area (Å²) in [5.74, 6) is 0.737. The molecule has 4 heteroatoms. The number of benzene rings is 1. The topological polar surface area (TPSA) is 33.1 Å². The number of hydrogen-bond donors (Lipinski definition) is 1. The molecule has 148 valence electrons. The van der Waals surface area contributed by atoms with Crippen LogP contribution in [-0.2, 0) is 6.54 Å². The van der Waals surface area contributed by atoms with Gasteiger partial charge in [0.15, 0.2) is 0 Å². The summed E-state index contributed by atoms with van der Waals surface area (Å²) in [5.41, 5.74) is 11.8. The SMILES string of the molecule is C=C(c1cccnc(C)c(C)n(NCc2c(C)cccc2C)c1)N1CC(C)C1. The van der Waals surface area contributed by atoms with Crippen LogP contribution in [0, 0.1) is 33.6 Å². The molecular formula is C24H32N4. The van der Waals surface area contributed by atoms with Crippen LogP contribution < -0.4 is 5.43 Å². The Bertz CT molecular complexity index is 898. The number of nitrogens with zero attached hydrogens (tertiary/aromatic N) is 3. The Hall–Kier alpha value is -2.75. The normalized spacial score (nSPS) is 13.7. The van der Waals surface area contributed by atoms with Crippen molar-refractivity contribution >= 4 is 5.70 Å². The molecule has 3 rings (SSSR count). The molecule has 0 spiro atoms. The van der Waals surface area contributed by atoms with Gasteiger partial charge in [0.05, 0.1) is 17.9 Å². The molecule has 0 aliphatic carbocycles. The molecule has 2 heterocycles. The first kappa shape index (κ1) is 20.0. The van der Waals surface area contributed by atoms with Crippen molar-refractivity contribution in [1.29, 1.82) is 0 Å². The van der Waals surface area contributed by atoms with E-state index in [9.17, 15) is 0 Å². The Kier molecular flexibility index (Phi) is 6.08. The second-order valence-corrected chi connectivity index (χ2v) is 7.92. The molecule has 1 aliphatic heterocycles. The van der Waals surface area contributed by atoms with Gasteiger partial charge < -0.3 is 10.3 Å². The molecular weight excluding hydrogens is 344 g/mol. The van der Waals surface area contributed by atoms with Gasteiger partial charge in [0.25, 0.3) is 0 Å². The fraction of sp³-hybridized carbons (Fsp3) is 0.375. The average Bonchev–Trinajstić information content (AvgIpc) is 2.70. The largest absolute Gasteiger partial charge is 0.371 e. The van der Waals surface area contributed by atoms with E-state index in [0.717, 1.165) is 48.2 Å². The lowest BCUT2D eigenvalue weighted by Gasteiger charge is -2.40. The molecule has 0 amide bonds.